The summed E-state index contributed by atoms with van der Waals surface area (Å²) >= 11 is 0. The average Bonchev–Trinajstić information content (AvgIpc) is 2.90. The van der Waals surface area contributed by atoms with Crippen LogP contribution in [0.4, 0.5) is 0 Å². The Morgan fingerprint density at radius 1 is 1.15 bits per heavy atom. The van der Waals surface area contributed by atoms with Crippen LogP contribution in [0.25, 0.3) is 0 Å². The van der Waals surface area contributed by atoms with Gasteiger partial charge in [-0.25, -0.2) is 4.98 Å². The van der Waals surface area contributed by atoms with Gasteiger partial charge in [-0.1, -0.05) is 43.2 Å². The molecule has 0 radical (unpaired) electrons. The topological polar surface area (TPSA) is 50.2 Å². The first-order chi connectivity index (χ1) is 12.7. The molecule has 0 saturated carbocycles. The number of nitrogens with zero attached hydrogens (tertiary/aromatic N) is 3. The molecule has 2 aromatic rings. The van der Waals surface area contributed by atoms with Gasteiger partial charge in [-0.15, -0.1) is 0 Å². The third kappa shape index (κ3) is 5.43. The molecule has 0 bridgehead atoms. The van der Waals surface area contributed by atoms with E-state index in [1.165, 1.54) is 25.7 Å². The third-order valence-electron chi connectivity index (χ3n) is 5.19. The highest BCUT2D eigenvalue weighted by atomic mass is 16.2. The fraction of sp³-hybridized carbons (Fsp3) is 0.524. The number of nitrogens with one attached hydrogen (secondary N) is 1. The minimum Gasteiger partial charge on any atom is -0.348 e. The van der Waals surface area contributed by atoms with Crippen LogP contribution in [0.5, 0.6) is 0 Å². The molecule has 5 nitrogen and oxygen atoms in total. The number of rotatable bonds is 7. The van der Waals surface area contributed by atoms with Gasteiger partial charge in [-0.3, -0.25) is 9.69 Å². The van der Waals surface area contributed by atoms with Crippen LogP contribution in [-0.2, 0) is 11.3 Å². The summed E-state index contributed by atoms with van der Waals surface area (Å²) in [4.78, 5) is 19.2. The van der Waals surface area contributed by atoms with Gasteiger partial charge >= 0.3 is 0 Å². The lowest BCUT2D eigenvalue weighted by Gasteiger charge is -2.23. The summed E-state index contributed by atoms with van der Waals surface area (Å²) in [5.41, 5.74) is 1.16. The Labute approximate surface area is 156 Å². The number of carbonyl (C=O) groups is 1. The lowest BCUT2D eigenvalue weighted by molar-refractivity contribution is -0.123. The number of likely N-dealkylation sites (tertiary alicyclic amines) is 1. The van der Waals surface area contributed by atoms with E-state index in [4.69, 9.17) is 0 Å². The van der Waals surface area contributed by atoms with Gasteiger partial charge in [0.05, 0.1) is 12.6 Å². The molecular weight excluding hydrogens is 324 g/mol. The molecule has 26 heavy (non-hydrogen) atoms. The third-order valence-corrected chi connectivity index (χ3v) is 5.19. The Morgan fingerprint density at radius 2 is 1.88 bits per heavy atom. The standard InChI is InChI=1S/C21H30N4O/c1-18-22-12-16-25(18)15-11-20(19-9-5-4-6-10-19)23-21(26)17-24-13-7-2-3-8-14-24/h4-6,9-10,12,16,20H,2-3,7-8,11,13-15,17H2,1H3,(H,23,26). The Hall–Kier alpha value is -2.14. The lowest BCUT2D eigenvalue weighted by atomic mass is 10.0. The molecular formula is C21H30N4O. The van der Waals surface area contributed by atoms with E-state index in [2.05, 4.69) is 31.9 Å². The molecule has 1 aliphatic rings. The number of amides is 1. The van der Waals surface area contributed by atoms with Gasteiger partial charge in [-0.05, 0) is 44.8 Å². The van der Waals surface area contributed by atoms with E-state index in [-0.39, 0.29) is 11.9 Å². The number of imidazole rings is 1. The smallest absolute Gasteiger partial charge is 0.234 e. The zero-order valence-corrected chi connectivity index (χ0v) is 15.7. The molecule has 5 heteroatoms. The molecule has 1 atom stereocenters. The van der Waals surface area contributed by atoms with Gasteiger partial charge in [0.15, 0.2) is 0 Å². The van der Waals surface area contributed by atoms with Crippen LogP contribution >= 0.6 is 0 Å². The van der Waals surface area contributed by atoms with Crippen molar-refractivity contribution in [3.05, 3.63) is 54.1 Å². The molecule has 1 aliphatic heterocycles. The number of benzene rings is 1. The van der Waals surface area contributed by atoms with Gasteiger partial charge in [0.2, 0.25) is 5.91 Å². The number of hydrogen-bond donors (Lipinski definition) is 1. The second kappa shape index (κ2) is 9.53. The van der Waals surface area contributed by atoms with Gasteiger partial charge in [0.1, 0.15) is 5.82 Å². The first kappa shape index (κ1) is 18.6. The number of aryl methyl sites for hydroxylation is 2. The van der Waals surface area contributed by atoms with Crippen molar-refractivity contribution in [3.8, 4) is 0 Å². The van der Waals surface area contributed by atoms with Crippen molar-refractivity contribution in [2.45, 2.75) is 51.6 Å². The molecule has 1 aromatic carbocycles. The molecule has 1 saturated heterocycles. The molecule has 1 amide bonds. The molecule has 0 spiro atoms. The molecule has 1 N–H and O–H groups in total. The van der Waals surface area contributed by atoms with Gasteiger partial charge in [0.25, 0.3) is 0 Å². The average molecular weight is 354 g/mol. The van der Waals surface area contributed by atoms with Crippen LogP contribution in [0.15, 0.2) is 42.7 Å². The van der Waals surface area contributed by atoms with Gasteiger partial charge in [0, 0.05) is 18.9 Å². The number of hydrogen-bond acceptors (Lipinski definition) is 3. The Kier molecular flexibility index (Phi) is 6.83. The Morgan fingerprint density at radius 3 is 2.54 bits per heavy atom. The molecule has 3 rings (SSSR count). The fourth-order valence-corrected chi connectivity index (χ4v) is 3.65. The van der Waals surface area contributed by atoms with Crippen molar-refractivity contribution < 1.29 is 4.79 Å². The zero-order chi connectivity index (χ0) is 18.2. The predicted molar refractivity (Wildman–Crippen MR) is 104 cm³/mol. The number of aromatic nitrogens is 2. The summed E-state index contributed by atoms with van der Waals surface area (Å²) in [6, 6.07) is 10.3. The molecule has 0 aliphatic carbocycles. The summed E-state index contributed by atoms with van der Waals surface area (Å²) in [5, 5.41) is 3.27. The van der Waals surface area contributed by atoms with Crippen LogP contribution in [0.1, 0.15) is 49.5 Å². The van der Waals surface area contributed by atoms with Crippen molar-refractivity contribution in [1.82, 2.24) is 19.8 Å². The summed E-state index contributed by atoms with van der Waals surface area (Å²) in [5.74, 6) is 1.14. The molecule has 140 valence electrons. The fourth-order valence-electron chi connectivity index (χ4n) is 3.65. The quantitative estimate of drug-likeness (QED) is 0.830. The lowest BCUT2D eigenvalue weighted by Crippen LogP contribution is -2.39. The molecule has 2 heterocycles. The van der Waals surface area contributed by atoms with Crippen molar-refractivity contribution in [3.63, 3.8) is 0 Å². The Balaban J connectivity index is 1.61. The summed E-state index contributed by atoms with van der Waals surface area (Å²) in [6.07, 6.45) is 9.66. The highest BCUT2D eigenvalue weighted by Gasteiger charge is 2.18. The Bertz CT molecular complexity index is 674. The molecule has 1 unspecified atom stereocenters. The van der Waals surface area contributed by atoms with E-state index >= 15 is 0 Å². The minimum atomic E-state index is 0.0254. The van der Waals surface area contributed by atoms with Crippen molar-refractivity contribution in [1.29, 1.82) is 0 Å². The molecule has 1 fully saturated rings. The predicted octanol–water partition coefficient (Wildman–Crippen LogP) is 3.32. The van der Waals surface area contributed by atoms with E-state index < -0.39 is 0 Å². The monoisotopic (exact) mass is 354 g/mol. The highest BCUT2D eigenvalue weighted by molar-refractivity contribution is 5.78. The summed E-state index contributed by atoms with van der Waals surface area (Å²) in [7, 11) is 0. The first-order valence-electron chi connectivity index (χ1n) is 9.77. The maximum atomic E-state index is 12.7. The maximum absolute atomic E-state index is 12.7. The minimum absolute atomic E-state index is 0.0254. The van der Waals surface area contributed by atoms with E-state index in [1.807, 2.05) is 37.5 Å². The molecule has 1 aromatic heterocycles. The van der Waals surface area contributed by atoms with Crippen molar-refractivity contribution in [2.75, 3.05) is 19.6 Å². The summed E-state index contributed by atoms with van der Waals surface area (Å²) in [6.45, 7) is 5.44. The van der Waals surface area contributed by atoms with Gasteiger partial charge in [-0.2, -0.15) is 0 Å². The SMILES string of the molecule is Cc1nccn1CCC(NC(=O)CN1CCCCCC1)c1ccccc1. The number of carbonyl (C=O) groups excluding carboxylic acids is 1. The van der Waals surface area contributed by atoms with Crippen LogP contribution in [0, 0.1) is 6.92 Å². The van der Waals surface area contributed by atoms with Crippen LogP contribution < -0.4 is 5.32 Å². The summed E-state index contributed by atoms with van der Waals surface area (Å²) < 4.78 is 2.14. The second-order valence-corrected chi connectivity index (χ2v) is 7.18. The van der Waals surface area contributed by atoms with E-state index in [0.29, 0.717) is 6.54 Å². The normalized spacial score (nSPS) is 16.8. The van der Waals surface area contributed by atoms with E-state index in [1.54, 1.807) is 0 Å². The van der Waals surface area contributed by atoms with Crippen LogP contribution in [-0.4, -0.2) is 40.0 Å². The highest BCUT2D eigenvalue weighted by Crippen LogP contribution is 2.18. The van der Waals surface area contributed by atoms with Crippen molar-refractivity contribution in [2.24, 2.45) is 0 Å². The van der Waals surface area contributed by atoms with E-state index in [0.717, 1.165) is 37.4 Å². The van der Waals surface area contributed by atoms with Crippen molar-refractivity contribution >= 4 is 5.91 Å². The first-order valence-corrected chi connectivity index (χ1v) is 9.77. The largest absolute Gasteiger partial charge is 0.348 e. The van der Waals surface area contributed by atoms with Crippen LogP contribution in [0.3, 0.4) is 0 Å². The van der Waals surface area contributed by atoms with E-state index in [9.17, 15) is 4.79 Å². The van der Waals surface area contributed by atoms with Crippen LogP contribution in [0.2, 0.25) is 0 Å². The maximum Gasteiger partial charge on any atom is 0.234 e. The second-order valence-electron chi connectivity index (χ2n) is 7.18. The zero-order valence-electron chi connectivity index (χ0n) is 15.7. The van der Waals surface area contributed by atoms with Gasteiger partial charge < -0.3 is 9.88 Å².